The smallest absolute Gasteiger partial charge is 0.293 e. The molecule has 0 saturated carbocycles. The summed E-state index contributed by atoms with van der Waals surface area (Å²) in [6.07, 6.45) is 3.87. The second kappa shape index (κ2) is 11.6. The Morgan fingerprint density at radius 2 is 2.10 bits per heavy atom. The average molecular weight is 300 g/mol. The first-order valence-corrected chi connectivity index (χ1v) is 7.77. The summed E-state index contributed by atoms with van der Waals surface area (Å²) >= 11 is 0. The lowest BCUT2D eigenvalue weighted by Crippen LogP contribution is -2.13. The molecule has 0 N–H and O–H groups in total. The van der Waals surface area contributed by atoms with Crippen LogP contribution in [-0.2, 0) is 23.7 Å². The topological polar surface area (TPSA) is 54.0 Å². The third-order valence-electron chi connectivity index (χ3n) is 3.73. The summed E-state index contributed by atoms with van der Waals surface area (Å²) in [5.74, 6) is 1.83. The number of hydrogen-bond donors (Lipinski definition) is 0. The molecule has 2 atom stereocenters. The van der Waals surface area contributed by atoms with Crippen molar-refractivity contribution in [3.05, 3.63) is 12.3 Å². The van der Waals surface area contributed by atoms with E-state index in [4.69, 9.17) is 18.9 Å². The van der Waals surface area contributed by atoms with Gasteiger partial charge in [0, 0.05) is 25.6 Å². The number of carbonyl (C=O) groups excluding carboxylic acids is 1. The van der Waals surface area contributed by atoms with E-state index in [1.807, 2.05) is 0 Å². The van der Waals surface area contributed by atoms with Gasteiger partial charge in [0.25, 0.3) is 6.47 Å². The molecule has 0 spiro atoms. The summed E-state index contributed by atoms with van der Waals surface area (Å²) in [5, 5.41) is 0. The summed E-state index contributed by atoms with van der Waals surface area (Å²) < 4.78 is 21.2. The first kappa shape index (κ1) is 18.0. The minimum atomic E-state index is 0.381. The molecule has 5 nitrogen and oxygen atoms in total. The molecule has 0 radical (unpaired) electrons. The van der Waals surface area contributed by atoms with E-state index in [0.717, 1.165) is 44.7 Å². The summed E-state index contributed by atoms with van der Waals surface area (Å²) in [6.45, 7) is 10.3. The summed E-state index contributed by atoms with van der Waals surface area (Å²) in [4.78, 5) is 10.1. The third kappa shape index (κ3) is 8.73. The second-order valence-corrected chi connectivity index (χ2v) is 5.43. The fraction of sp³-hybridized carbons (Fsp3) is 0.812. The van der Waals surface area contributed by atoms with E-state index in [1.54, 1.807) is 0 Å². The van der Waals surface area contributed by atoms with Gasteiger partial charge in [0.15, 0.2) is 0 Å². The number of hydrogen-bond acceptors (Lipinski definition) is 5. The SMILES string of the molecule is C=C1CC(CCOCCOCCC(CC)COC=O)CO1. The Hall–Kier alpha value is -1.07. The lowest BCUT2D eigenvalue weighted by molar-refractivity contribution is -0.130. The number of carbonyl (C=O) groups is 1. The highest BCUT2D eigenvalue weighted by atomic mass is 16.5. The Bertz CT molecular complexity index is 292. The molecule has 1 aliphatic heterocycles. The van der Waals surface area contributed by atoms with Crippen LogP contribution < -0.4 is 0 Å². The zero-order valence-corrected chi connectivity index (χ0v) is 13.1. The van der Waals surface area contributed by atoms with Gasteiger partial charge in [-0.1, -0.05) is 13.5 Å². The Balaban J connectivity index is 1.85. The highest BCUT2D eigenvalue weighted by Crippen LogP contribution is 2.23. The Kier molecular flexibility index (Phi) is 9.91. The number of allylic oxidation sites excluding steroid dienone is 1. The van der Waals surface area contributed by atoms with Crippen LogP contribution in [-0.4, -0.2) is 46.1 Å². The molecule has 0 amide bonds. The first-order valence-electron chi connectivity index (χ1n) is 7.77. The molecule has 5 heteroatoms. The fourth-order valence-corrected chi connectivity index (χ4v) is 2.26. The van der Waals surface area contributed by atoms with E-state index in [2.05, 4.69) is 13.5 Å². The zero-order chi connectivity index (χ0) is 15.3. The van der Waals surface area contributed by atoms with Crippen molar-refractivity contribution in [2.45, 2.75) is 32.6 Å². The van der Waals surface area contributed by atoms with Gasteiger partial charge in [-0.2, -0.15) is 0 Å². The quantitative estimate of drug-likeness (QED) is 0.386. The highest BCUT2D eigenvalue weighted by Gasteiger charge is 2.18. The van der Waals surface area contributed by atoms with Crippen LogP contribution in [0.25, 0.3) is 0 Å². The van der Waals surface area contributed by atoms with Gasteiger partial charge in [0.05, 0.1) is 32.2 Å². The van der Waals surface area contributed by atoms with E-state index in [-0.39, 0.29) is 0 Å². The van der Waals surface area contributed by atoms with Gasteiger partial charge in [-0.05, 0) is 25.2 Å². The molecule has 0 aromatic carbocycles. The predicted octanol–water partition coefficient (Wildman–Crippen LogP) is 2.55. The zero-order valence-electron chi connectivity index (χ0n) is 13.1. The Morgan fingerprint density at radius 3 is 2.71 bits per heavy atom. The molecule has 0 bridgehead atoms. The van der Waals surface area contributed by atoms with Crippen molar-refractivity contribution in [3.63, 3.8) is 0 Å². The summed E-state index contributed by atoms with van der Waals surface area (Å²) in [7, 11) is 0. The van der Waals surface area contributed by atoms with Crippen molar-refractivity contribution < 1.29 is 23.7 Å². The summed E-state index contributed by atoms with van der Waals surface area (Å²) in [5.41, 5.74) is 0. The first-order chi connectivity index (χ1) is 10.3. The van der Waals surface area contributed by atoms with E-state index in [9.17, 15) is 4.79 Å². The standard InChI is InChI=1S/C16H28O5/c1-3-15(11-20-13-17)4-6-18-8-9-19-7-5-16-10-14(2)21-12-16/h13,15-16H,2-12H2,1H3. The van der Waals surface area contributed by atoms with E-state index in [0.29, 0.717) is 44.7 Å². The molecule has 0 aromatic rings. The maximum absolute atomic E-state index is 10.1. The van der Waals surface area contributed by atoms with Gasteiger partial charge in [-0.3, -0.25) is 4.79 Å². The highest BCUT2D eigenvalue weighted by molar-refractivity contribution is 5.36. The van der Waals surface area contributed by atoms with Crippen LogP contribution in [0.5, 0.6) is 0 Å². The van der Waals surface area contributed by atoms with Gasteiger partial charge < -0.3 is 18.9 Å². The lowest BCUT2D eigenvalue weighted by atomic mass is 10.0. The van der Waals surface area contributed by atoms with Gasteiger partial charge in [-0.25, -0.2) is 0 Å². The molecule has 2 unspecified atom stereocenters. The fourth-order valence-electron chi connectivity index (χ4n) is 2.26. The van der Waals surface area contributed by atoms with Crippen molar-refractivity contribution in [2.24, 2.45) is 11.8 Å². The molecule has 21 heavy (non-hydrogen) atoms. The monoisotopic (exact) mass is 300 g/mol. The number of ether oxygens (including phenoxy) is 4. The van der Waals surface area contributed by atoms with Crippen molar-refractivity contribution in [1.29, 1.82) is 0 Å². The molecule has 122 valence electrons. The molecule has 0 aromatic heterocycles. The molecular formula is C16H28O5. The van der Waals surface area contributed by atoms with Crippen LogP contribution in [0.15, 0.2) is 12.3 Å². The van der Waals surface area contributed by atoms with Gasteiger partial charge in [0.1, 0.15) is 0 Å². The van der Waals surface area contributed by atoms with E-state index in [1.165, 1.54) is 0 Å². The number of rotatable bonds is 13. The van der Waals surface area contributed by atoms with Crippen LogP contribution in [0.1, 0.15) is 32.6 Å². The maximum Gasteiger partial charge on any atom is 0.293 e. The normalized spacial score (nSPS) is 19.3. The largest absolute Gasteiger partial charge is 0.498 e. The molecule has 1 fully saturated rings. The van der Waals surface area contributed by atoms with Crippen LogP contribution in [0.3, 0.4) is 0 Å². The Labute approximate surface area is 127 Å². The third-order valence-corrected chi connectivity index (χ3v) is 3.73. The minimum absolute atomic E-state index is 0.381. The molecule has 1 saturated heterocycles. The molecule has 1 heterocycles. The van der Waals surface area contributed by atoms with Gasteiger partial charge in [-0.15, -0.1) is 0 Å². The van der Waals surface area contributed by atoms with Crippen LogP contribution in [0.4, 0.5) is 0 Å². The molecule has 1 aliphatic rings. The molecule has 0 aliphatic carbocycles. The van der Waals surface area contributed by atoms with Crippen molar-refractivity contribution >= 4 is 6.47 Å². The van der Waals surface area contributed by atoms with Crippen molar-refractivity contribution in [3.8, 4) is 0 Å². The van der Waals surface area contributed by atoms with E-state index >= 15 is 0 Å². The van der Waals surface area contributed by atoms with Crippen LogP contribution in [0.2, 0.25) is 0 Å². The molecular weight excluding hydrogens is 272 g/mol. The maximum atomic E-state index is 10.1. The van der Waals surface area contributed by atoms with Crippen molar-refractivity contribution in [2.75, 3.05) is 39.6 Å². The van der Waals surface area contributed by atoms with Crippen LogP contribution >= 0.6 is 0 Å². The summed E-state index contributed by atoms with van der Waals surface area (Å²) in [6, 6.07) is 0. The Morgan fingerprint density at radius 1 is 1.33 bits per heavy atom. The lowest BCUT2D eigenvalue weighted by Gasteiger charge is -2.13. The van der Waals surface area contributed by atoms with Crippen molar-refractivity contribution in [1.82, 2.24) is 0 Å². The molecule has 1 rings (SSSR count). The second-order valence-electron chi connectivity index (χ2n) is 5.43. The van der Waals surface area contributed by atoms with Gasteiger partial charge >= 0.3 is 0 Å². The minimum Gasteiger partial charge on any atom is -0.498 e. The predicted molar refractivity (Wildman–Crippen MR) is 79.9 cm³/mol. The average Bonchev–Trinajstić information content (AvgIpc) is 2.90. The van der Waals surface area contributed by atoms with Crippen LogP contribution in [0, 0.1) is 11.8 Å². The van der Waals surface area contributed by atoms with E-state index < -0.39 is 0 Å². The van der Waals surface area contributed by atoms with Gasteiger partial charge in [0.2, 0.25) is 0 Å².